The van der Waals surface area contributed by atoms with Gasteiger partial charge in [-0.25, -0.2) is 4.98 Å². The number of pyridine rings is 2. The molecule has 8 heteroatoms. The summed E-state index contributed by atoms with van der Waals surface area (Å²) in [5, 5.41) is 17.1. The molecule has 3 heterocycles. The highest BCUT2D eigenvalue weighted by atomic mass is 16.3. The van der Waals surface area contributed by atoms with Crippen molar-refractivity contribution in [1.29, 1.82) is 0 Å². The van der Waals surface area contributed by atoms with Crippen LogP contribution in [0.3, 0.4) is 0 Å². The molecule has 3 atom stereocenters. The second-order valence-electron chi connectivity index (χ2n) is 7.08. The zero-order valence-electron chi connectivity index (χ0n) is 15.6. The number of hydrogen-bond acceptors (Lipinski definition) is 5. The number of amides is 2. The fourth-order valence-corrected chi connectivity index (χ4v) is 3.21. The van der Waals surface area contributed by atoms with Gasteiger partial charge in [0.1, 0.15) is 11.8 Å². The lowest BCUT2D eigenvalue weighted by atomic mass is 10.0. The summed E-state index contributed by atoms with van der Waals surface area (Å²) in [5.74, 6) is -0.275. The fraction of sp³-hybridized carbons (Fsp3) is 0.300. The number of aliphatic hydroxyl groups excluding tert-OH is 1. The first kappa shape index (κ1) is 18.1. The van der Waals surface area contributed by atoms with Crippen molar-refractivity contribution >= 4 is 22.7 Å². The number of carbonyl (C=O) groups is 2. The van der Waals surface area contributed by atoms with Gasteiger partial charge in [-0.05, 0) is 36.6 Å². The minimum Gasteiger partial charge on any atom is -0.380 e. The molecule has 0 aliphatic heterocycles. The number of aromatic amines is 1. The second-order valence-corrected chi connectivity index (χ2v) is 7.08. The second kappa shape index (κ2) is 7.05. The highest BCUT2D eigenvalue weighted by Crippen LogP contribution is 2.30. The summed E-state index contributed by atoms with van der Waals surface area (Å²) in [4.78, 5) is 36.4. The van der Waals surface area contributed by atoms with Crippen LogP contribution in [0, 0.1) is 5.92 Å². The van der Waals surface area contributed by atoms with Crippen LogP contribution in [0.1, 0.15) is 51.7 Å². The van der Waals surface area contributed by atoms with E-state index in [0.29, 0.717) is 11.6 Å². The van der Waals surface area contributed by atoms with Crippen molar-refractivity contribution in [1.82, 2.24) is 25.6 Å². The Kier molecular flexibility index (Phi) is 4.56. The van der Waals surface area contributed by atoms with Gasteiger partial charge in [-0.1, -0.05) is 6.92 Å². The van der Waals surface area contributed by atoms with E-state index >= 15 is 0 Å². The van der Waals surface area contributed by atoms with Crippen LogP contribution in [0.4, 0.5) is 0 Å². The van der Waals surface area contributed by atoms with Crippen molar-refractivity contribution in [2.24, 2.45) is 5.92 Å². The van der Waals surface area contributed by atoms with Gasteiger partial charge in [0, 0.05) is 41.9 Å². The van der Waals surface area contributed by atoms with Gasteiger partial charge in [-0.3, -0.25) is 14.6 Å². The summed E-state index contributed by atoms with van der Waals surface area (Å²) in [6, 6.07) is 6.70. The number of nitrogens with zero attached hydrogens (tertiary/aromatic N) is 2. The number of aliphatic hydroxyl groups is 1. The SMILES string of the molecule is CNC(=O)c1cc(C(=O)N[C@H]2C[C@@H]2C)cc(C(O)c2nccc3[nH]ccc23)n1. The fourth-order valence-electron chi connectivity index (χ4n) is 3.21. The summed E-state index contributed by atoms with van der Waals surface area (Å²) >= 11 is 0. The van der Waals surface area contributed by atoms with E-state index in [4.69, 9.17) is 0 Å². The molecule has 1 unspecified atom stereocenters. The number of H-pyrrole nitrogens is 1. The molecule has 0 saturated heterocycles. The lowest BCUT2D eigenvalue weighted by Gasteiger charge is -2.14. The molecule has 144 valence electrons. The molecule has 0 bridgehead atoms. The Morgan fingerprint density at radius 1 is 1.29 bits per heavy atom. The third-order valence-corrected chi connectivity index (χ3v) is 5.04. The largest absolute Gasteiger partial charge is 0.380 e. The number of hydrogen-bond donors (Lipinski definition) is 4. The third kappa shape index (κ3) is 3.34. The topological polar surface area (TPSA) is 120 Å². The van der Waals surface area contributed by atoms with Crippen molar-refractivity contribution < 1.29 is 14.7 Å². The van der Waals surface area contributed by atoms with Gasteiger partial charge in [0.15, 0.2) is 0 Å². The van der Waals surface area contributed by atoms with Crippen molar-refractivity contribution in [2.45, 2.75) is 25.5 Å². The monoisotopic (exact) mass is 379 g/mol. The normalized spacial score (nSPS) is 19.2. The van der Waals surface area contributed by atoms with Gasteiger partial charge in [0.2, 0.25) is 0 Å². The minimum atomic E-state index is -1.18. The highest BCUT2D eigenvalue weighted by Gasteiger charge is 2.34. The van der Waals surface area contributed by atoms with Crippen LogP contribution >= 0.6 is 0 Å². The van der Waals surface area contributed by atoms with Gasteiger partial charge >= 0.3 is 0 Å². The van der Waals surface area contributed by atoms with Crippen LogP contribution in [-0.2, 0) is 0 Å². The molecule has 4 rings (SSSR count). The van der Waals surface area contributed by atoms with Gasteiger partial charge in [-0.15, -0.1) is 0 Å². The molecule has 0 radical (unpaired) electrons. The van der Waals surface area contributed by atoms with Gasteiger partial charge in [0.25, 0.3) is 11.8 Å². The van der Waals surface area contributed by atoms with Crippen LogP contribution in [0.25, 0.3) is 10.9 Å². The molecule has 3 aromatic rings. The molecule has 4 N–H and O–H groups in total. The highest BCUT2D eigenvalue weighted by molar-refractivity contribution is 5.99. The van der Waals surface area contributed by atoms with Gasteiger partial charge in [0.05, 0.1) is 11.4 Å². The van der Waals surface area contributed by atoms with Crippen LogP contribution in [0.15, 0.2) is 36.7 Å². The smallest absolute Gasteiger partial charge is 0.269 e. The maximum absolute atomic E-state index is 12.6. The number of aromatic nitrogens is 3. The predicted molar refractivity (Wildman–Crippen MR) is 103 cm³/mol. The molecule has 2 amide bonds. The number of nitrogens with one attached hydrogen (secondary N) is 3. The van der Waals surface area contributed by atoms with Crippen LogP contribution in [0.2, 0.25) is 0 Å². The third-order valence-electron chi connectivity index (χ3n) is 5.04. The van der Waals surface area contributed by atoms with Gasteiger partial charge in [-0.2, -0.15) is 0 Å². The summed E-state index contributed by atoms with van der Waals surface area (Å²) in [7, 11) is 1.49. The first-order valence-electron chi connectivity index (χ1n) is 9.13. The Morgan fingerprint density at radius 3 is 2.79 bits per heavy atom. The molecular formula is C20H21N5O3. The van der Waals surface area contributed by atoms with E-state index in [1.807, 2.05) is 6.07 Å². The Bertz CT molecular complexity index is 1060. The number of fused-ring (bicyclic) bond motifs is 1. The van der Waals surface area contributed by atoms with E-state index in [2.05, 4.69) is 32.5 Å². The minimum absolute atomic E-state index is 0.0642. The van der Waals surface area contributed by atoms with Gasteiger partial charge < -0.3 is 20.7 Å². The van der Waals surface area contributed by atoms with E-state index in [9.17, 15) is 14.7 Å². The number of rotatable bonds is 5. The average Bonchev–Trinajstić information content (AvgIpc) is 3.19. The molecular weight excluding hydrogens is 358 g/mol. The average molecular weight is 379 g/mol. The van der Waals surface area contributed by atoms with E-state index in [1.54, 1.807) is 18.5 Å². The van der Waals surface area contributed by atoms with Crippen molar-refractivity contribution in [2.75, 3.05) is 7.05 Å². The van der Waals surface area contributed by atoms with Crippen molar-refractivity contribution in [3.63, 3.8) is 0 Å². The van der Waals surface area contributed by atoms with E-state index in [-0.39, 0.29) is 28.9 Å². The molecule has 1 aliphatic rings. The zero-order chi connectivity index (χ0) is 19.8. The first-order chi connectivity index (χ1) is 13.5. The molecule has 0 aromatic carbocycles. The van der Waals surface area contributed by atoms with Crippen molar-refractivity contribution in [3.05, 3.63) is 59.3 Å². The molecule has 0 spiro atoms. The van der Waals surface area contributed by atoms with Crippen LogP contribution in [-0.4, -0.2) is 45.0 Å². The quantitative estimate of drug-likeness (QED) is 0.536. The summed E-state index contributed by atoms with van der Waals surface area (Å²) in [6.07, 6.45) is 3.10. The maximum Gasteiger partial charge on any atom is 0.269 e. The molecule has 1 aliphatic carbocycles. The Labute approximate surface area is 161 Å². The summed E-state index contributed by atoms with van der Waals surface area (Å²) in [5.41, 5.74) is 1.77. The Hall–Kier alpha value is -3.26. The zero-order valence-corrected chi connectivity index (χ0v) is 15.6. The number of carbonyl (C=O) groups excluding carboxylic acids is 2. The molecule has 3 aromatic heterocycles. The van der Waals surface area contributed by atoms with Crippen molar-refractivity contribution in [3.8, 4) is 0 Å². The summed E-state index contributed by atoms with van der Waals surface area (Å²) in [6.45, 7) is 2.06. The Morgan fingerprint density at radius 2 is 2.07 bits per heavy atom. The van der Waals surface area contributed by atoms with E-state index < -0.39 is 12.0 Å². The van der Waals surface area contributed by atoms with E-state index in [0.717, 1.165) is 17.3 Å². The molecule has 8 nitrogen and oxygen atoms in total. The van der Waals surface area contributed by atoms with Crippen LogP contribution < -0.4 is 10.6 Å². The lowest BCUT2D eigenvalue weighted by molar-refractivity contribution is 0.0949. The first-order valence-corrected chi connectivity index (χ1v) is 9.13. The molecule has 1 fully saturated rings. The maximum atomic E-state index is 12.6. The summed E-state index contributed by atoms with van der Waals surface area (Å²) < 4.78 is 0. The van der Waals surface area contributed by atoms with Crippen LogP contribution in [0.5, 0.6) is 0 Å². The van der Waals surface area contributed by atoms with E-state index in [1.165, 1.54) is 19.2 Å². The predicted octanol–water partition coefficient (Wildman–Crippen LogP) is 1.54. The standard InChI is InChI=1S/C20H21N5O3/c1-10-7-14(10)25-19(27)11-8-15(24-16(9-11)20(28)21-2)18(26)17-12-3-5-22-13(12)4-6-23-17/h3-6,8-10,14,18,22,26H,7H2,1-2H3,(H,21,28)(H,25,27)/t10-,14-,18?/m0/s1. The molecule has 1 saturated carbocycles. The lowest BCUT2D eigenvalue weighted by Crippen LogP contribution is -2.28. The molecule has 28 heavy (non-hydrogen) atoms. The Balaban J connectivity index is 1.74.